The van der Waals surface area contributed by atoms with Gasteiger partial charge in [-0.2, -0.15) is 0 Å². The van der Waals surface area contributed by atoms with Gasteiger partial charge in [0.05, 0.1) is 0 Å². The van der Waals surface area contributed by atoms with E-state index in [2.05, 4.69) is 38.1 Å². The molecule has 0 fully saturated rings. The van der Waals surface area contributed by atoms with E-state index in [1.807, 2.05) is 0 Å². The van der Waals surface area contributed by atoms with E-state index >= 15 is 0 Å². The molecule has 1 rings (SSSR count). The molecule has 0 nitrogen and oxygen atoms in total. The lowest BCUT2D eigenvalue weighted by Crippen LogP contribution is -1.96. The fourth-order valence-electron chi connectivity index (χ4n) is 2.04. The van der Waals surface area contributed by atoms with Crippen molar-refractivity contribution in [3.05, 3.63) is 29.8 Å². The number of benzene rings is 1. The molecule has 102 valence electrons. The molecule has 0 N–H and O–H groups in total. The summed E-state index contributed by atoms with van der Waals surface area (Å²) in [6.07, 6.45) is 11.5. The molecule has 2 heteroatoms. The van der Waals surface area contributed by atoms with Crippen molar-refractivity contribution in [3.63, 3.8) is 0 Å². The number of rotatable bonds is 10. The van der Waals surface area contributed by atoms with Gasteiger partial charge in [-0.25, -0.2) is 0 Å². The highest BCUT2D eigenvalue weighted by Crippen LogP contribution is 2.37. The predicted octanol–water partition coefficient (Wildman–Crippen LogP) is 5.64. The van der Waals surface area contributed by atoms with Crippen molar-refractivity contribution in [2.24, 2.45) is 0 Å². The van der Waals surface area contributed by atoms with Crippen molar-refractivity contribution >= 4 is 21.8 Å². The zero-order valence-electron chi connectivity index (χ0n) is 12.0. The summed E-state index contributed by atoms with van der Waals surface area (Å²) >= 11 is 0. The second-order valence-electron chi connectivity index (χ2n) is 4.99. The minimum atomic E-state index is 1.04. The van der Waals surface area contributed by atoms with Crippen LogP contribution in [0.15, 0.2) is 24.3 Å². The third-order valence-corrected chi connectivity index (χ3v) is 6.97. The molecular formula is C16H28P2. The summed E-state index contributed by atoms with van der Waals surface area (Å²) in [6, 6.07) is 8.85. The smallest absolute Gasteiger partial charge is 0.0201 e. The summed E-state index contributed by atoms with van der Waals surface area (Å²) in [5.41, 5.74) is 1.47. The average molecular weight is 282 g/mol. The van der Waals surface area contributed by atoms with Crippen molar-refractivity contribution in [3.8, 4) is 0 Å². The first kappa shape index (κ1) is 16.1. The molecular weight excluding hydrogens is 254 g/mol. The topological polar surface area (TPSA) is 0 Å². The van der Waals surface area contributed by atoms with E-state index in [0.717, 1.165) is 16.5 Å². The minimum absolute atomic E-state index is 1.04. The number of hydrogen-bond acceptors (Lipinski definition) is 0. The molecule has 0 spiro atoms. The molecule has 0 saturated heterocycles. The first-order valence-corrected chi connectivity index (χ1v) is 10.6. The van der Waals surface area contributed by atoms with Crippen LogP contribution in [0.2, 0.25) is 0 Å². The standard InChI is InChI=1S/C16H28P2/c1-3-4-5-6-7-8-11-14-17-18-16-13-10-9-12-15(16)2/h9-10,12-13,17-18H,3-8,11,14H2,1-2H3. The maximum atomic E-state index is 2.30. The van der Waals surface area contributed by atoms with Crippen molar-refractivity contribution in [1.29, 1.82) is 0 Å². The zero-order valence-corrected chi connectivity index (χ0v) is 14.0. The molecule has 0 aliphatic heterocycles. The molecule has 0 aromatic heterocycles. The van der Waals surface area contributed by atoms with E-state index in [0.29, 0.717) is 0 Å². The normalized spacial score (nSPS) is 12.1. The Morgan fingerprint density at radius 2 is 1.56 bits per heavy atom. The van der Waals surface area contributed by atoms with Crippen LogP contribution in [-0.2, 0) is 0 Å². The Morgan fingerprint density at radius 1 is 0.889 bits per heavy atom. The molecule has 0 amide bonds. The van der Waals surface area contributed by atoms with Crippen molar-refractivity contribution < 1.29 is 0 Å². The van der Waals surface area contributed by atoms with Crippen LogP contribution in [0.3, 0.4) is 0 Å². The van der Waals surface area contributed by atoms with Crippen LogP contribution in [0.5, 0.6) is 0 Å². The molecule has 0 heterocycles. The second-order valence-corrected chi connectivity index (χ2v) is 8.44. The Labute approximate surface area is 117 Å². The van der Waals surface area contributed by atoms with Gasteiger partial charge in [0.15, 0.2) is 0 Å². The molecule has 0 saturated carbocycles. The second kappa shape index (κ2) is 11.0. The molecule has 0 bridgehead atoms. The zero-order chi connectivity index (χ0) is 13.1. The summed E-state index contributed by atoms with van der Waals surface area (Å²) in [5, 5.41) is 1.58. The van der Waals surface area contributed by atoms with Crippen molar-refractivity contribution in [2.45, 2.75) is 58.8 Å². The maximum Gasteiger partial charge on any atom is -0.0201 e. The predicted molar refractivity (Wildman–Crippen MR) is 90.3 cm³/mol. The van der Waals surface area contributed by atoms with Gasteiger partial charge >= 0.3 is 0 Å². The third-order valence-electron chi connectivity index (χ3n) is 3.27. The molecule has 2 atom stereocenters. The maximum absolute atomic E-state index is 2.30. The number of unbranched alkanes of at least 4 members (excludes halogenated alkanes) is 6. The van der Waals surface area contributed by atoms with Gasteiger partial charge in [-0.3, -0.25) is 0 Å². The fraction of sp³-hybridized carbons (Fsp3) is 0.625. The van der Waals surface area contributed by atoms with Crippen LogP contribution in [0.1, 0.15) is 57.4 Å². The van der Waals surface area contributed by atoms with Crippen LogP contribution < -0.4 is 5.30 Å². The van der Waals surface area contributed by atoms with Gasteiger partial charge in [-0.1, -0.05) is 86.3 Å². The Kier molecular flexibility index (Phi) is 9.82. The quantitative estimate of drug-likeness (QED) is 0.384. The minimum Gasteiger partial charge on any atom is -0.0946 e. The summed E-state index contributed by atoms with van der Waals surface area (Å²) in [7, 11) is 2.19. The van der Waals surface area contributed by atoms with E-state index in [1.54, 1.807) is 5.30 Å². The molecule has 1 aromatic rings. The summed E-state index contributed by atoms with van der Waals surface area (Å²) in [5.74, 6) is 0. The van der Waals surface area contributed by atoms with E-state index in [9.17, 15) is 0 Å². The lowest BCUT2D eigenvalue weighted by molar-refractivity contribution is 0.603. The van der Waals surface area contributed by atoms with Gasteiger partial charge in [0.25, 0.3) is 0 Å². The summed E-state index contributed by atoms with van der Waals surface area (Å²) < 4.78 is 0. The third kappa shape index (κ3) is 7.50. The van der Waals surface area contributed by atoms with Gasteiger partial charge in [-0.15, -0.1) is 0 Å². The first-order chi connectivity index (χ1) is 8.84. The van der Waals surface area contributed by atoms with Crippen molar-refractivity contribution in [2.75, 3.05) is 6.16 Å². The first-order valence-electron chi connectivity index (χ1n) is 7.39. The van der Waals surface area contributed by atoms with Crippen LogP contribution in [0, 0.1) is 6.92 Å². The van der Waals surface area contributed by atoms with Crippen LogP contribution >= 0.6 is 16.5 Å². The molecule has 18 heavy (non-hydrogen) atoms. The SMILES string of the molecule is CCCCCCCCCPPc1ccccc1C. The number of aryl methyl sites for hydroxylation is 1. The monoisotopic (exact) mass is 282 g/mol. The van der Waals surface area contributed by atoms with E-state index in [-0.39, 0.29) is 0 Å². The van der Waals surface area contributed by atoms with E-state index < -0.39 is 0 Å². The molecule has 2 unspecified atom stereocenters. The van der Waals surface area contributed by atoms with Gasteiger partial charge < -0.3 is 0 Å². The highest BCUT2D eigenvalue weighted by Gasteiger charge is 1.96. The fourth-order valence-corrected chi connectivity index (χ4v) is 5.56. The van der Waals surface area contributed by atoms with Crippen LogP contribution in [0.25, 0.3) is 0 Å². The Morgan fingerprint density at radius 3 is 2.28 bits per heavy atom. The lowest BCUT2D eigenvalue weighted by Gasteiger charge is -2.05. The molecule has 0 aliphatic carbocycles. The highest BCUT2D eigenvalue weighted by atomic mass is 32.0. The van der Waals surface area contributed by atoms with E-state index in [1.165, 1.54) is 56.7 Å². The highest BCUT2D eigenvalue weighted by molar-refractivity contribution is 8.15. The Hall–Kier alpha value is 0.0800. The summed E-state index contributed by atoms with van der Waals surface area (Å²) in [4.78, 5) is 0. The van der Waals surface area contributed by atoms with Crippen LogP contribution in [-0.4, -0.2) is 6.16 Å². The van der Waals surface area contributed by atoms with Gasteiger partial charge in [0.1, 0.15) is 0 Å². The van der Waals surface area contributed by atoms with Crippen molar-refractivity contribution in [1.82, 2.24) is 0 Å². The Bertz CT molecular complexity index is 310. The van der Waals surface area contributed by atoms with Gasteiger partial charge in [-0.05, 0) is 30.4 Å². The largest absolute Gasteiger partial charge is 0.0946 e. The van der Waals surface area contributed by atoms with E-state index in [4.69, 9.17) is 0 Å². The molecule has 1 aromatic carbocycles. The Balaban J connectivity index is 1.94. The van der Waals surface area contributed by atoms with Gasteiger partial charge in [0, 0.05) is 0 Å². The van der Waals surface area contributed by atoms with Gasteiger partial charge in [0.2, 0.25) is 0 Å². The number of hydrogen-bond donors (Lipinski definition) is 0. The molecule has 0 radical (unpaired) electrons. The summed E-state index contributed by atoms with van der Waals surface area (Å²) in [6.45, 7) is 4.52. The van der Waals surface area contributed by atoms with Crippen LogP contribution in [0.4, 0.5) is 0 Å². The molecule has 0 aliphatic rings. The average Bonchev–Trinajstić information content (AvgIpc) is 2.39. The lowest BCUT2D eigenvalue weighted by atomic mass is 10.1.